The predicted molar refractivity (Wildman–Crippen MR) is 116 cm³/mol. The summed E-state index contributed by atoms with van der Waals surface area (Å²) in [4.78, 5) is 29.0. The van der Waals surface area contributed by atoms with Crippen LogP contribution < -0.4 is 0 Å². The second-order valence-corrected chi connectivity index (χ2v) is 7.07. The minimum absolute atomic E-state index is 0.213. The molecule has 0 unspecified atom stereocenters. The van der Waals surface area contributed by atoms with Crippen LogP contribution in [-0.2, 0) is 20.8 Å². The number of esters is 1. The van der Waals surface area contributed by atoms with Crippen LogP contribution in [0.5, 0.6) is 0 Å². The molecule has 30 heavy (non-hydrogen) atoms. The summed E-state index contributed by atoms with van der Waals surface area (Å²) in [5, 5.41) is 0.990. The molecule has 0 N–H and O–H groups in total. The van der Waals surface area contributed by atoms with Gasteiger partial charge in [0.15, 0.2) is 6.61 Å². The quantitative estimate of drug-likeness (QED) is 0.231. The number of rotatable bonds is 9. The van der Waals surface area contributed by atoms with Gasteiger partial charge in [0.2, 0.25) is 5.78 Å². The van der Waals surface area contributed by atoms with Crippen LogP contribution in [0.2, 0.25) is 0 Å². The number of carbonyl (C=O) groups excluding carboxylic acids is 2. The standard InChI is InChI=1S/C24H26N2O4/c1-17-15-21(18(2)26(17)13-6-14-29-3)22(27)16-30-23(28)11-10-20-8-4-7-19-9-5-12-25-24(19)20/h4-5,7-12,15H,6,13-14,16H2,1-3H3/b11-10+. The monoisotopic (exact) mass is 406 g/mol. The lowest BCUT2D eigenvalue weighted by atomic mass is 10.1. The Kier molecular flexibility index (Phi) is 7.14. The van der Waals surface area contributed by atoms with Gasteiger partial charge in [0, 0.05) is 60.4 Å². The Morgan fingerprint density at radius 1 is 1.17 bits per heavy atom. The van der Waals surface area contributed by atoms with Crippen molar-refractivity contribution in [2.45, 2.75) is 26.8 Å². The smallest absolute Gasteiger partial charge is 0.331 e. The Hall–Kier alpha value is -3.25. The molecule has 0 aliphatic carbocycles. The summed E-state index contributed by atoms with van der Waals surface area (Å²) in [6.07, 6.45) is 5.56. The second kappa shape index (κ2) is 9.98. The van der Waals surface area contributed by atoms with Crippen molar-refractivity contribution in [2.75, 3.05) is 20.3 Å². The number of benzene rings is 1. The number of hydrogen-bond donors (Lipinski definition) is 0. The summed E-state index contributed by atoms with van der Waals surface area (Å²) in [7, 11) is 1.67. The number of ether oxygens (including phenoxy) is 2. The van der Waals surface area contributed by atoms with Crippen LogP contribution in [0.25, 0.3) is 17.0 Å². The molecular formula is C24H26N2O4. The van der Waals surface area contributed by atoms with Crippen LogP contribution in [0.15, 0.2) is 48.7 Å². The number of methoxy groups -OCH3 is 1. The molecule has 3 aromatic rings. The van der Waals surface area contributed by atoms with Gasteiger partial charge in [-0.2, -0.15) is 0 Å². The fourth-order valence-electron chi connectivity index (χ4n) is 3.48. The van der Waals surface area contributed by atoms with E-state index in [0.717, 1.165) is 40.8 Å². The highest BCUT2D eigenvalue weighted by atomic mass is 16.5. The van der Waals surface area contributed by atoms with Gasteiger partial charge in [-0.25, -0.2) is 4.79 Å². The van der Waals surface area contributed by atoms with E-state index in [0.29, 0.717) is 12.2 Å². The zero-order valence-electron chi connectivity index (χ0n) is 17.6. The van der Waals surface area contributed by atoms with E-state index in [1.54, 1.807) is 19.4 Å². The van der Waals surface area contributed by atoms with Crippen molar-refractivity contribution >= 4 is 28.7 Å². The van der Waals surface area contributed by atoms with Crippen molar-refractivity contribution in [1.82, 2.24) is 9.55 Å². The third-order valence-electron chi connectivity index (χ3n) is 5.01. The van der Waals surface area contributed by atoms with Crippen molar-refractivity contribution in [2.24, 2.45) is 0 Å². The van der Waals surface area contributed by atoms with E-state index in [-0.39, 0.29) is 12.4 Å². The van der Waals surface area contributed by atoms with Crippen LogP contribution in [0.3, 0.4) is 0 Å². The van der Waals surface area contributed by atoms with Crippen LogP contribution in [-0.4, -0.2) is 41.6 Å². The van der Waals surface area contributed by atoms with Crippen molar-refractivity contribution in [3.63, 3.8) is 0 Å². The molecule has 0 radical (unpaired) electrons. The first-order chi connectivity index (χ1) is 14.5. The molecule has 0 aliphatic heterocycles. The van der Waals surface area contributed by atoms with Crippen LogP contribution >= 0.6 is 0 Å². The third kappa shape index (κ3) is 5.02. The molecule has 6 heteroatoms. The van der Waals surface area contributed by atoms with E-state index >= 15 is 0 Å². The van der Waals surface area contributed by atoms with Gasteiger partial charge in [0.1, 0.15) is 0 Å². The van der Waals surface area contributed by atoms with Gasteiger partial charge in [-0.05, 0) is 38.5 Å². The molecule has 0 saturated heterocycles. The molecule has 0 spiro atoms. The molecule has 1 aromatic carbocycles. The van der Waals surface area contributed by atoms with E-state index in [4.69, 9.17) is 9.47 Å². The molecule has 156 valence electrons. The average molecular weight is 406 g/mol. The molecule has 0 aliphatic rings. The highest BCUT2D eigenvalue weighted by Gasteiger charge is 2.16. The summed E-state index contributed by atoms with van der Waals surface area (Å²) in [5.74, 6) is -0.778. The second-order valence-electron chi connectivity index (χ2n) is 7.07. The lowest BCUT2D eigenvalue weighted by Crippen LogP contribution is -2.14. The Morgan fingerprint density at radius 2 is 1.97 bits per heavy atom. The van der Waals surface area contributed by atoms with Gasteiger partial charge in [-0.15, -0.1) is 0 Å². The summed E-state index contributed by atoms with van der Waals surface area (Å²) in [6, 6.07) is 11.4. The first-order valence-corrected chi connectivity index (χ1v) is 9.88. The van der Waals surface area contributed by atoms with Gasteiger partial charge in [0.05, 0.1) is 5.52 Å². The van der Waals surface area contributed by atoms with E-state index in [2.05, 4.69) is 9.55 Å². The highest BCUT2D eigenvalue weighted by molar-refractivity contribution is 6.00. The predicted octanol–water partition coefficient (Wildman–Crippen LogP) is 4.13. The topological polar surface area (TPSA) is 70.4 Å². The fraction of sp³-hybridized carbons (Fsp3) is 0.292. The maximum atomic E-state index is 12.6. The van der Waals surface area contributed by atoms with Gasteiger partial charge in [-0.3, -0.25) is 9.78 Å². The summed E-state index contributed by atoms with van der Waals surface area (Å²) >= 11 is 0. The third-order valence-corrected chi connectivity index (χ3v) is 5.01. The normalized spacial score (nSPS) is 11.3. The zero-order chi connectivity index (χ0) is 21.5. The Morgan fingerprint density at radius 3 is 2.77 bits per heavy atom. The Balaban J connectivity index is 1.61. The molecule has 6 nitrogen and oxygen atoms in total. The number of hydrogen-bond acceptors (Lipinski definition) is 5. The summed E-state index contributed by atoms with van der Waals surface area (Å²) in [5.41, 5.74) is 4.08. The molecule has 2 aromatic heterocycles. The highest BCUT2D eigenvalue weighted by Crippen LogP contribution is 2.18. The minimum atomic E-state index is -0.565. The Bertz CT molecular complexity index is 1080. The molecule has 3 rings (SSSR count). The van der Waals surface area contributed by atoms with Crippen LogP contribution in [0, 0.1) is 13.8 Å². The van der Waals surface area contributed by atoms with E-state index < -0.39 is 5.97 Å². The number of aromatic nitrogens is 2. The molecule has 0 amide bonds. The largest absolute Gasteiger partial charge is 0.454 e. The van der Waals surface area contributed by atoms with Crippen LogP contribution in [0.1, 0.15) is 33.7 Å². The van der Waals surface area contributed by atoms with E-state index in [1.807, 2.05) is 50.2 Å². The number of aryl methyl sites for hydroxylation is 1. The first kappa shape index (κ1) is 21.5. The first-order valence-electron chi connectivity index (χ1n) is 9.88. The zero-order valence-corrected chi connectivity index (χ0v) is 17.6. The number of pyridine rings is 1. The lowest BCUT2D eigenvalue weighted by molar-refractivity contribution is -0.136. The summed E-state index contributed by atoms with van der Waals surface area (Å²) < 4.78 is 12.3. The Labute approximate surface area is 176 Å². The number of Topliss-reactive ketones (excluding diaryl/α,β-unsaturated/α-hetero) is 1. The van der Waals surface area contributed by atoms with Gasteiger partial charge in [0.25, 0.3) is 0 Å². The SMILES string of the molecule is COCCCn1c(C)cc(C(=O)COC(=O)/C=C/c2cccc3cccnc23)c1C. The number of carbonyl (C=O) groups is 2. The van der Waals surface area contributed by atoms with E-state index in [9.17, 15) is 9.59 Å². The molecule has 0 fully saturated rings. The number of para-hydroxylation sites is 1. The molecule has 2 heterocycles. The van der Waals surface area contributed by atoms with Gasteiger partial charge in [-0.1, -0.05) is 24.3 Å². The maximum absolute atomic E-state index is 12.6. The lowest BCUT2D eigenvalue weighted by Gasteiger charge is -2.09. The van der Waals surface area contributed by atoms with Gasteiger partial charge < -0.3 is 14.0 Å². The molecular weight excluding hydrogens is 380 g/mol. The maximum Gasteiger partial charge on any atom is 0.331 e. The van der Waals surface area contributed by atoms with Crippen molar-refractivity contribution in [3.8, 4) is 0 Å². The molecule has 0 bridgehead atoms. The van der Waals surface area contributed by atoms with Gasteiger partial charge >= 0.3 is 5.97 Å². The number of fused-ring (bicyclic) bond motifs is 1. The van der Waals surface area contributed by atoms with Crippen molar-refractivity contribution < 1.29 is 19.1 Å². The number of nitrogens with zero attached hydrogens (tertiary/aromatic N) is 2. The molecule has 0 atom stereocenters. The molecule has 0 saturated carbocycles. The van der Waals surface area contributed by atoms with Crippen molar-refractivity contribution in [1.29, 1.82) is 0 Å². The minimum Gasteiger partial charge on any atom is -0.454 e. The van der Waals surface area contributed by atoms with Crippen LogP contribution in [0.4, 0.5) is 0 Å². The van der Waals surface area contributed by atoms with E-state index in [1.165, 1.54) is 6.08 Å². The number of ketones is 1. The summed E-state index contributed by atoms with van der Waals surface area (Å²) in [6.45, 7) is 5.02. The van der Waals surface area contributed by atoms with Crippen molar-refractivity contribution in [3.05, 3.63) is 71.2 Å². The average Bonchev–Trinajstić information content (AvgIpc) is 3.04. The fourth-order valence-corrected chi connectivity index (χ4v) is 3.48.